The fourth-order valence-corrected chi connectivity index (χ4v) is 3.23. The average molecular weight is 438 g/mol. The molecule has 2 rings (SSSR count). The fraction of sp³-hybridized carbons (Fsp3) is 0. The maximum absolute atomic E-state index is 3.50. The van der Waals surface area contributed by atoms with Crippen LogP contribution in [0.2, 0.25) is 0 Å². The first-order valence-corrected chi connectivity index (χ1v) is 7.04. The van der Waals surface area contributed by atoms with Gasteiger partial charge >= 0.3 is 0 Å². The number of benzene rings is 2. The van der Waals surface area contributed by atoms with Crippen LogP contribution in [0.3, 0.4) is 0 Å². The summed E-state index contributed by atoms with van der Waals surface area (Å²) in [6.45, 7) is 0. The lowest BCUT2D eigenvalue weighted by molar-refractivity contribution is 1.55. The molecule has 3 heteroatoms. The Bertz CT molecular complexity index is 474. The Balaban J connectivity index is 2.54. The highest BCUT2D eigenvalue weighted by molar-refractivity contribution is 14.1. The zero-order valence-corrected chi connectivity index (χ0v) is 13.0. The maximum Gasteiger partial charge on any atom is 0.0192 e. The molecule has 0 N–H and O–H groups in total. The molecule has 0 aliphatic heterocycles. The zero-order valence-electron chi connectivity index (χ0n) is 7.68. The summed E-state index contributed by atoms with van der Waals surface area (Å²) >= 11 is 9.32. The van der Waals surface area contributed by atoms with E-state index in [0.29, 0.717) is 0 Å². The lowest BCUT2D eigenvalue weighted by atomic mass is 10.1. The SMILES string of the molecule is Brc1cc(Br)cc(-c2cccc(I)c2)c1. The van der Waals surface area contributed by atoms with Gasteiger partial charge in [0.25, 0.3) is 0 Å². The Hall–Kier alpha value is 0.130. The van der Waals surface area contributed by atoms with Gasteiger partial charge in [-0.3, -0.25) is 0 Å². The third-order valence-corrected chi connectivity index (χ3v) is 3.61. The van der Waals surface area contributed by atoms with Crippen molar-refractivity contribution in [1.82, 2.24) is 0 Å². The summed E-state index contributed by atoms with van der Waals surface area (Å²) in [7, 11) is 0. The molecule has 2 aromatic rings. The van der Waals surface area contributed by atoms with Crippen molar-refractivity contribution >= 4 is 54.5 Å². The molecule has 0 heterocycles. The monoisotopic (exact) mass is 436 g/mol. The van der Waals surface area contributed by atoms with Crippen molar-refractivity contribution in [2.45, 2.75) is 0 Å². The third kappa shape index (κ3) is 3.04. The molecule has 0 bridgehead atoms. The standard InChI is InChI=1S/C12H7Br2I/c13-10-4-9(5-11(14)7-10)8-2-1-3-12(15)6-8/h1-7H. The molecule has 0 amide bonds. The van der Waals surface area contributed by atoms with E-state index in [2.05, 4.69) is 90.8 Å². The molecule has 0 radical (unpaired) electrons. The zero-order chi connectivity index (χ0) is 10.8. The average Bonchev–Trinajstić information content (AvgIpc) is 2.16. The molecule has 0 saturated heterocycles. The second-order valence-electron chi connectivity index (χ2n) is 3.17. The van der Waals surface area contributed by atoms with E-state index in [1.54, 1.807) is 0 Å². The minimum atomic E-state index is 1.09. The van der Waals surface area contributed by atoms with Crippen molar-refractivity contribution in [3.8, 4) is 11.1 Å². The van der Waals surface area contributed by atoms with E-state index in [9.17, 15) is 0 Å². The summed E-state index contributed by atoms with van der Waals surface area (Å²) in [5.74, 6) is 0. The van der Waals surface area contributed by atoms with Crippen LogP contribution in [-0.4, -0.2) is 0 Å². The molecule has 0 saturated carbocycles. The van der Waals surface area contributed by atoms with E-state index in [0.717, 1.165) is 8.95 Å². The van der Waals surface area contributed by atoms with Gasteiger partial charge in [0.1, 0.15) is 0 Å². The first kappa shape index (κ1) is 11.6. The number of hydrogen-bond acceptors (Lipinski definition) is 0. The van der Waals surface area contributed by atoms with Gasteiger partial charge in [0.2, 0.25) is 0 Å². The molecule has 0 atom stereocenters. The number of halogens is 3. The van der Waals surface area contributed by atoms with Gasteiger partial charge in [0.05, 0.1) is 0 Å². The van der Waals surface area contributed by atoms with Crippen LogP contribution < -0.4 is 0 Å². The van der Waals surface area contributed by atoms with Gasteiger partial charge in [-0.05, 0) is 64.0 Å². The second kappa shape index (κ2) is 4.97. The van der Waals surface area contributed by atoms with Crippen LogP contribution in [0.5, 0.6) is 0 Å². The van der Waals surface area contributed by atoms with Crippen molar-refractivity contribution in [2.75, 3.05) is 0 Å². The van der Waals surface area contributed by atoms with Gasteiger partial charge < -0.3 is 0 Å². The molecule has 0 aliphatic rings. The van der Waals surface area contributed by atoms with Gasteiger partial charge in [0, 0.05) is 12.5 Å². The van der Waals surface area contributed by atoms with E-state index in [1.807, 2.05) is 6.07 Å². The van der Waals surface area contributed by atoms with Crippen molar-refractivity contribution in [1.29, 1.82) is 0 Å². The third-order valence-electron chi connectivity index (χ3n) is 2.02. The van der Waals surface area contributed by atoms with Crippen LogP contribution in [0.4, 0.5) is 0 Å². The Labute approximate surface area is 119 Å². The van der Waals surface area contributed by atoms with Crippen molar-refractivity contribution in [3.63, 3.8) is 0 Å². The molecule has 0 fully saturated rings. The Morgan fingerprint density at radius 2 is 1.47 bits per heavy atom. The van der Waals surface area contributed by atoms with E-state index in [-0.39, 0.29) is 0 Å². The molecule has 0 aliphatic carbocycles. The molecule has 2 aromatic carbocycles. The number of hydrogen-bond donors (Lipinski definition) is 0. The minimum Gasteiger partial charge on any atom is -0.0606 e. The largest absolute Gasteiger partial charge is 0.0606 e. The molecule has 0 aromatic heterocycles. The summed E-state index contributed by atoms with van der Waals surface area (Å²) in [6, 6.07) is 14.7. The maximum atomic E-state index is 3.50. The summed E-state index contributed by atoms with van der Waals surface area (Å²) in [6.07, 6.45) is 0. The quantitative estimate of drug-likeness (QED) is 0.518. The van der Waals surface area contributed by atoms with Crippen molar-refractivity contribution < 1.29 is 0 Å². The molecular weight excluding hydrogens is 431 g/mol. The van der Waals surface area contributed by atoms with Crippen LogP contribution >= 0.6 is 54.5 Å². The highest BCUT2D eigenvalue weighted by Gasteiger charge is 2.01. The van der Waals surface area contributed by atoms with Crippen LogP contribution in [0.1, 0.15) is 0 Å². The molecule has 15 heavy (non-hydrogen) atoms. The Kier molecular flexibility index (Phi) is 3.85. The molecule has 0 spiro atoms. The smallest absolute Gasteiger partial charge is 0.0192 e. The summed E-state index contributed by atoms with van der Waals surface area (Å²) in [5.41, 5.74) is 2.46. The van der Waals surface area contributed by atoms with E-state index >= 15 is 0 Å². The normalized spacial score (nSPS) is 10.3. The van der Waals surface area contributed by atoms with Crippen molar-refractivity contribution in [2.24, 2.45) is 0 Å². The van der Waals surface area contributed by atoms with Crippen LogP contribution in [-0.2, 0) is 0 Å². The topological polar surface area (TPSA) is 0 Å². The van der Waals surface area contributed by atoms with E-state index < -0.39 is 0 Å². The van der Waals surface area contributed by atoms with Crippen LogP contribution in [0.25, 0.3) is 11.1 Å². The van der Waals surface area contributed by atoms with Gasteiger partial charge in [0.15, 0.2) is 0 Å². The number of rotatable bonds is 1. The summed E-state index contributed by atoms with van der Waals surface area (Å²) in [4.78, 5) is 0. The van der Waals surface area contributed by atoms with Gasteiger partial charge in [-0.25, -0.2) is 0 Å². The lowest BCUT2D eigenvalue weighted by Crippen LogP contribution is -1.80. The van der Waals surface area contributed by atoms with Crippen molar-refractivity contribution in [3.05, 3.63) is 55.0 Å². The highest BCUT2D eigenvalue weighted by Crippen LogP contribution is 2.28. The highest BCUT2D eigenvalue weighted by atomic mass is 127. The van der Waals surface area contributed by atoms with Gasteiger partial charge in [-0.15, -0.1) is 0 Å². The molecule has 0 nitrogen and oxygen atoms in total. The second-order valence-corrected chi connectivity index (χ2v) is 6.25. The first-order valence-electron chi connectivity index (χ1n) is 4.37. The van der Waals surface area contributed by atoms with Gasteiger partial charge in [-0.2, -0.15) is 0 Å². The molecular formula is C12H7Br2I. The van der Waals surface area contributed by atoms with E-state index in [1.165, 1.54) is 14.7 Å². The van der Waals surface area contributed by atoms with E-state index in [4.69, 9.17) is 0 Å². The predicted octanol–water partition coefficient (Wildman–Crippen LogP) is 5.48. The lowest BCUT2D eigenvalue weighted by Gasteiger charge is -2.04. The van der Waals surface area contributed by atoms with Crippen LogP contribution in [0.15, 0.2) is 51.4 Å². The fourth-order valence-electron chi connectivity index (χ4n) is 1.39. The predicted molar refractivity (Wildman–Crippen MR) is 80.0 cm³/mol. The summed E-state index contributed by atoms with van der Waals surface area (Å²) in [5, 5.41) is 0. The van der Waals surface area contributed by atoms with Gasteiger partial charge in [-0.1, -0.05) is 44.0 Å². The minimum absolute atomic E-state index is 1.09. The first-order chi connectivity index (χ1) is 7.15. The molecule has 76 valence electrons. The summed E-state index contributed by atoms with van der Waals surface area (Å²) < 4.78 is 3.43. The Morgan fingerprint density at radius 1 is 0.800 bits per heavy atom. The Morgan fingerprint density at radius 3 is 2.07 bits per heavy atom. The molecule has 0 unspecified atom stereocenters. The van der Waals surface area contributed by atoms with Crippen LogP contribution in [0, 0.1) is 3.57 Å².